The van der Waals surface area contributed by atoms with Crippen molar-refractivity contribution >= 4 is 28.3 Å². The smallest absolute Gasteiger partial charge is 0.310 e. The molecule has 0 spiro atoms. The van der Waals surface area contributed by atoms with Crippen LogP contribution < -0.4 is 10.1 Å². The number of amides is 1. The number of esters is 1. The van der Waals surface area contributed by atoms with Gasteiger partial charge in [-0.15, -0.1) is 0 Å². The lowest BCUT2D eigenvalue weighted by Gasteiger charge is -2.12. The third-order valence-electron chi connectivity index (χ3n) is 3.64. The van der Waals surface area contributed by atoms with Gasteiger partial charge in [0.25, 0.3) is 5.91 Å². The van der Waals surface area contributed by atoms with E-state index in [-0.39, 0.29) is 24.0 Å². The van der Waals surface area contributed by atoms with Crippen molar-refractivity contribution in [2.45, 2.75) is 13.3 Å². The zero-order valence-corrected chi connectivity index (χ0v) is 13.3. The van der Waals surface area contributed by atoms with E-state index in [0.29, 0.717) is 11.3 Å². The molecule has 3 rings (SSSR count). The van der Waals surface area contributed by atoms with Crippen LogP contribution >= 0.6 is 0 Å². The molecule has 0 fully saturated rings. The SMILES string of the molecule is CCC(=O)Oc1cc2ccccc2cc1C(=O)Nc1ccccc1. The van der Waals surface area contributed by atoms with Gasteiger partial charge in [-0.2, -0.15) is 0 Å². The summed E-state index contributed by atoms with van der Waals surface area (Å²) in [6.45, 7) is 1.72. The second-order valence-electron chi connectivity index (χ2n) is 5.34. The van der Waals surface area contributed by atoms with Crippen molar-refractivity contribution in [1.29, 1.82) is 0 Å². The Kier molecular flexibility index (Phi) is 4.57. The van der Waals surface area contributed by atoms with Gasteiger partial charge in [-0.05, 0) is 35.0 Å². The molecule has 0 aliphatic rings. The first-order chi connectivity index (χ1) is 11.7. The Morgan fingerprint density at radius 1 is 0.917 bits per heavy atom. The van der Waals surface area contributed by atoms with Gasteiger partial charge in [0.2, 0.25) is 0 Å². The van der Waals surface area contributed by atoms with Crippen molar-refractivity contribution in [3.63, 3.8) is 0 Å². The van der Waals surface area contributed by atoms with E-state index in [0.717, 1.165) is 10.8 Å². The number of nitrogens with one attached hydrogen (secondary N) is 1. The predicted octanol–water partition coefficient (Wildman–Crippen LogP) is 4.41. The van der Waals surface area contributed by atoms with Crippen molar-refractivity contribution in [2.75, 3.05) is 5.32 Å². The van der Waals surface area contributed by atoms with E-state index < -0.39 is 0 Å². The van der Waals surface area contributed by atoms with E-state index in [1.54, 1.807) is 31.2 Å². The van der Waals surface area contributed by atoms with E-state index in [9.17, 15) is 9.59 Å². The number of anilines is 1. The van der Waals surface area contributed by atoms with Crippen LogP contribution in [0.5, 0.6) is 5.75 Å². The molecule has 0 radical (unpaired) electrons. The Labute approximate surface area is 140 Å². The maximum atomic E-state index is 12.6. The monoisotopic (exact) mass is 319 g/mol. The standard InChI is InChI=1S/C20H17NO3/c1-2-19(22)24-18-13-15-9-7-6-8-14(15)12-17(18)20(23)21-16-10-4-3-5-11-16/h3-13H,2H2,1H3,(H,21,23). The third kappa shape index (κ3) is 3.43. The van der Waals surface area contributed by atoms with Gasteiger partial charge in [0, 0.05) is 12.1 Å². The van der Waals surface area contributed by atoms with Gasteiger partial charge in [0.05, 0.1) is 5.56 Å². The van der Waals surface area contributed by atoms with Gasteiger partial charge in [-0.3, -0.25) is 9.59 Å². The van der Waals surface area contributed by atoms with E-state index in [1.165, 1.54) is 0 Å². The number of rotatable bonds is 4. The van der Waals surface area contributed by atoms with Gasteiger partial charge >= 0.3 is 5.97 Å². The lowest BCUT2D eigenvalue weighted by molar-refractivity contribution is -0.134. The Morgan fingerprint density at radius 3 is 2.21 bits per heavy atom. The van der Waals surface area contributed by atoms with Gasteiger partial charge in [-0.25, -0.2) is 0 Å². The topological polar surface area (TPSA) is 55.4 Å². The normalized spacial score (nSPS) is 10.4. The van der Waals surface area contributed by atoms with E-state index >= 15 is 0 Å². The molecule has 0 saturated heterocycles. The molecule has 4 heteroatoms. The number of hydrogen-bond donors (Lipinski definition) is 1. The lowest BCUT2D eigenvalue weighted by Crippen LogP contribution is -2.15. The maximum absolute atomic E-state index is 12.6. The quantitative estimate of drug-likeness (QED) is 0.572. The summed E-state index contributed by atoms with van der Waals surface area (Å²) in [4.78, 5) is 24.3. The zero-order chi connectivity index (χ0) is 16.9. The minimum atomic E-state index is -0.376. The summed E-state index contributed by atoms with van der Waals surface area (Å²) in [5.74, 6) is -0.418. The number of benzene rings is 3. The van der Waals surface area contributed by atoms with E-state index in [1.807, 2.05) is 42.5 Å². The highest BCUT2D eigenvalue weighted by Crippen LogP contribution is 2.27. The van der Waals surface area contributed by atoms with Crippen LogP contribution in [0.2, 0.25) is 0 Å². The van der Waals surface area contributed by atoms with Crippen LogP contribution in [0.25, 0.3) is 10.8 Å². The first kappa shape index (κ1) is 15.7. The number of carbonyl (C=O) groups excluding carboxylic acids is 2. The largest absolute Gasteiger partial charge is 0.426 e. The molecule has 3 aromatic carbocycles. The van der Waals surface area contributed by atoms with Crippen LogP contribution in [-0.2, 0) is 4.79 Å². The average Bonchev–Trinajstić information content (AvgIpc) is 2.61. The molecule has 0 bridgehead atoms. The molecule has 120 valence electrons. The van der Waals surface area contributed by atoms with Crippen molar-refractivity contribution in [3.8, 4) is 5.75 Å². The van der Waals surface area contributed by atoms with Gasteiger partial charge in [0.1, 0.15) is 5.75 Å². The van der Waals surface area contributed by atoms with Crippen LogP contribution in [0.1, 0.15) is 23.7 Å². The average molecular weight is 319 g/mol. The fraction of sp³-hybridized carbons (Fsp3) is 0.100. The van der Waals surface area contributed by atoms with Gasteiger partial charge < -0.3 is 10.1 Å². The summed E-state index contributed by atoms with van der Waals surface area (Å²) in [5.41, 5.74) is 1.02. The summed E-state index contributed by atoms with van der Waals surface area (Å²) in [6.07, 6.45) is 0.243. The Bertz CT molecular complexity index is 888. The fourth-order valence-electron chi connectivity index (χ4n) is 2.40. The second kappa shape index (κ2) is 6.96. The first-order valence-corrected chi connectivity index (χ1v) is 7.77. The molecule has 24 heavy (non-hydrogen) atoms. The Morgan fingerprint density at radius 2 is 1.54 bits per heavy atom. The van der Waals surface area contributed by atoms with Crippen molar-refractivity contribution in [2.24, 2.45) is 0 Å². The van der Waals surface area contributed by atoms with Gasteiger partial charge in [-0.1, -0.05) is 49.4 Å². The molecule has 0 heterocycles. The first-order valence-electron chi connectivity index (χ1n) is 7.77. The Hall–Kier alpha value is -3.14. The molecule has 4 nitrogen and oxygen atoms in total. The van der Waals surface area contributed by atoms with E-state index in [2.05, 4.69) is 5.32 Å². The highest BCUT2D eigenvalue weighted by molar-refractivity contribution is 6.09. The minimum Gasteiger partial charge on any atom is -0.426 e. The van der Waals surface area contributed by atoms with Crippen LogP contribution in [-0.4, -0.2) is 11.9 Å². The number of ether oxygens (including phenoxy) is 1. The summed E-state index contributed by atoms with van der Waals surface area (Å²) >= 11 is 0. The predicted molar refractivity (Wildman–Crippen MR) is 94.3 cm³/mol. The van der Waals surface area contributed by atoms with Crippen molar-refractivity contribution < 1.29 is 14.3 Å². The molecular weight excluding hydrogens is 302 g/mol. The minimum absolute atomic E-state index is 0.243. The fourth-order valence-corrected chi connectivity index (χ4v) is 2.40. The molecule has 0 saturated carbocycles. The molecule has 0 unspecified atom stereocenters. The van der Waals surface area contributed by atoms with Crippen LogP contribution in [0.4, 0.5) is 5.69 Å². The molecule has 1 amide bonds. The summed E-state index contributed by atoms with van der Waals surface area (Å²) in [6, 6.07) is 20.3. The van der Waals surface area contributed by atoms with Crippen molar-refractivity contribution in [1.82, 2.24) is 0 Å². The lowest BCUT2D eigenvalue weighted by atomic mass is 10.1. The number of fused-ring (bicyclic) bond motifs is 1. The van der Waals surface area contributed by atoms with E-state index in [4.69, 9.17) is 4.74 Å². The molecule has 0 atom stereocenters. The zero-order valence-electron chi connectivity index (χ0n) is 13.3. The van der Waals surface area contributed by atoms with Crippen LogP contribution in [0.3, 0.4) is 0 Å². The summed E-state index contributed by atoms with van der Waals surface area (Å²) < 4.78 is 5.36. The highest BCUT2D eigenvalue weighted by atomic mass is 16.5. The third-order valence-corrected chi connectivity index (χ3v) is 3.64. The summed E-state index contributed by atoms with van der Waals surface area (Å²) in [7, 11) is 0. The maximum Gasteiger partial charge on any atom is 0.310 e. The molecule has 1 N–H and O–H groups in total. The molecule has 0 aliphatic carbocycles. The number of hydrogen-bond acceptors (Lipinski definition) is 3. The number of para-hydroxylation sites is 1. The molecule has 0 aliphatic heterocycles. The molecule has 0 aromatic heterocycles. The van der Waals surface area contributed by atoms with Crippen LogP contribution in [0.15, 0.2) is 66.7 Å². The van der Waals surface area contributed by atoms with Gasteiger partial charge in [0.15, 0.2) is 0 Å². The Balaban J connectivity index is 2.01. The second-order valence-corrected chi connectivity index (χ2v) is 5.34. The number of carbonyl (C=O) groups is 2. The molecule has 3 aromatic rings. The molecular formula is C20H17NO3. The highest BCUT2D eigenvalue weighted by Gasteiger charge is 2.16. The van der Waals surface area contributed by atoms with Crippen LogP contribution in [0, 0.1) is 0 Å². The summed E-state index contributed by atoms with van der Waals surface area (Å²) in [5, 5.41) is 4.64. The van der Waals surface area contributed by atoms with Crippen molar-refractivity contribution in [3.05, 3.63) is 72.3 Å².